The standard InChI is InChI=1S/C21H22N4O5/c1-11-8-15(13(3)30-11)17-10-16(22)21(27)25(24-17)12(2)20(26)23-14-4-5-18-19(9-14)29-7-6-28-18/h4-5,8-10,12H,6-7,22H2,1-3H3,(H,23,26)/t12-/m1/s1. The summed E-state index contributed by atoms with van der Waals surface area (Å²) in [6, 6.07) is 7.50. The summed E-state index contributed by atoms with van der Waals surface area (Å²) in [5.41, 5.74) is 7.07. The van der Waals surface area contributed by atoms with Crippen LogP contribution in [0.15, 0.2) is 39.5 Å². The summed E-state index contributed by atoms with van der Waals surface area (Å²) in [6.45, 7) is 6.13. The van der Waals surface area contributed by atoms with Crippen LogP contribution in [0.3, 0.4) is 0 Å². The van der Waals surface area contributed by atoms with Crippen molar-refractivity contribution in [1.82, 2.24) is 9.78 Å². The van der Waals surface area contributed by atoms with Crippen molar-refractivity contribution in [3.8, 4) is 22.8 Å². The molecule has 1 atom stereocenters. The van der Waals surface area contributed by atoms with Gasteiger partial charge in [-0.3, -0.25) is 9.59 Å². The molecular weight excluding hydrogens is 388 g/mol. The van der Waals surface area contributed by atoms with Gasteiger partial charge in [0, 0.05) is 17.3 Å². The molecule has 0 aliphatic carbocycles. The van der Waals surface area contributed by atoms with Gasteiger partial charge in [-0.05, 0) is 45.0 Å². The molecule has 0 unspecified atom stereocenters. The summed E-state index contributed by atoms with van der Waals surface area (Å²) in [5.74, 6) is 2.12. The highest BCUT2D eigenvalue weighted by atomic mass is 16.6. The summed E-state index contributed by atoms with van der Waals surface area (Å²) < 4.78 is 17.6. The fourth-order valence-corrected chi connectivity index (χ4v) is 3.29. The number of nitrogens with two attached hydrogens (primary N) is 1. The minimum atomic E-state index is -0.902. The Hall–Kier alpha value is -3.75. The number of furan rings is 1. The highest BCUT2D eigenvalue weighted by Crippen LogP contribution is 2.33. The van der Waals surface area contributed by atoms with Gasteiger partial charge in [0.05, 0.1) is 5.69 Å². The van der Waals surface area contributed by atoms with Gasteiger partial charge in [-0.25, -0.2) is 4.68 Å². The summed E-state index contributed by atoms with van der Waals surface area (Å²) >= 11 is 0. The molecule has 0 radical (unpaired) electrons. The van der Waals surface area contributed by atoms with E-state index in [0.29, 0.717) is 53.2 Å². The van der Waals surface area contributed by atoms with Crippen LogP contribution in [0.2, 0.25) is 0 Å². The smallest absolute Gasteiger partial charge is 0.290 e. The van der Waals surface area contributed by atoms with E-state index in [9.17, 15) is 9.59 Å². The average Bonchev–Trinajstić information content (AvgIpc) is 3.07. The van der Waals surface area contributed by atoms with Crippen LogP contribution in [-0.2, 0) is 4.79 Å². The number of carbonyl (C=O) groups is 1. The Morgan fingerprint density at radius 3 is 2.60 bits per heavy atom. The molecule has 156 valence electrons. The minimum absolute atomic E-state index is 0.00256. The number of hydrogen-bond donors (Lipinski definition) is 2. The van der Waals surface area contributed by atoms with E-state index < -0.39 is 17.5 Å². The van der Waals surface area contributed by atoms with E-state index in [-0.39, 0.29) is 5.69 Å². The van der Waals surface area contributed by atoms with Crippen LogP contribution in [-0.4, -0.2) is 28.9 Å². The number of carbonyl (C=O) groups excluding carboxylic acids is 1. The van der Waals surface area contributed by atoms with E-state index in [1.165, 1.54) is 6.07 Å². The predicted molar refractivity (Wildman–Crippen MR) is 111 cm³/mol. The van der Waals surface area contributed by atoms with Crippen molar-refractivity contribution in [1.29, 1.82) is 0 Å². The molecule has 3 N–H and O–H groups in total. The molecule has 9 nitrogen and oxygen atoms in total. The normalized spacial score (nSPS) is 13.7. The summed E-state index contributed by atoms with van der Waals surface area (Å²) in [6.07, 6.45) is 0. The minimum Gasteiger partial charge on any atom is -0.486 e. The molecule has 0 fully saturated rings. The molecule has 1 aliphatic rings. The molecule has 3 aromatic rings. The lowest BCUT2D eigenvalue weighted by Crippen LogP contribution is -2.34. The molecule has 1 amide bonds. The lowest BCUT2D eigenvalue weighted by molar-refractivity contribution is -0.119. The molecule has 0 spiro atoms. The van der Waals surface area contributed by atoms with Crippen LogP contribution in [0.4, 0.5) is 11.4 Å². The van der Waals surface area contributed by atoms with Gasteiger partial charge in [0.25, 0.3) is 5.56 Å². The first-order valence-corrected chi connectivity index (χ1v) is 9.50. The van der Waals surface area contributed by atoms with Crippen molar-refractivity contribution in [3.63, 3.8) is 0 Å². The van der Waals surface area contributed by atoms with E-state index in [4.69, 9.17) is 19.6 Å². The zero-order valence-corrected chi connectivity index (χ0v) is 16.9. The number of rotatable bonds is 4. The van der Waals surface area contributed by atoms with E-state index in [0.717, 1.165) is 4.68 Å². The van der Waals surface area contributed by atoms with E-state index in [1.807, 2.05) is 13.0 Å². The van der Waals surface area contributed by atoms with Crippen molar-refractivity contribution in [2.45, 2.75) is 26.8 Å². The maximum Gasteiger partial charge on any atom is 0.290 e. The summed E-state index contributed by atoms with van der Waals surface area (Å²) in [4.78, 5) is 25.4. The van der Waals surface area contributed by atoms with Crippen molar-refractivity contribution in [3.05, 3.63) is 52.2 Å². The first kappa shape index (κ1) is 19.6. The lowest BCUT2D eigenvalue weighted by atomic mass is 10.1. The topological polar surface area (TPSA) is 122 Å². The number of aromatic nitrogens is 2. The van der Waals surface area contributed by atoms with Gasteiger partial charge in [-0.15, -0.1) is 0 Å². The van der Waals surface area contributed by atoms with Gasteiger partial charge in [-0.2, -0.15) is 5.10 Å². The monoisotopic (exact) mass is 410 g/mol. The largest absolute Gasteiger partial charge is 0.486 e. The molecule has 4 rings (SSSR count). The molecule has 1 aromatic carbocycles. The Labute approximate surface area is 172 Å². The second kappa shape index (κ2) is 7.58. The van der Waals surface area contributed by atoms with Crippen molar-refractivity contribution in [2.75, 3.05) is 24.3 Å². The first-order chi connectivity index (χ1) is 14.3. The van der Waals surface area contributed by atoms with Gasteiger partial charge >= 0.3 is 0 Å². The maximum atomic E-state index is 12.8. The molecule has 0 saturated heterocycles. The highest BCUT2D eigenvalue weighted by molar-refractivity contribution is 5.93. The number of nitrogen functional groups attached to an aromatic ring is 1. The number of aryl methyl sites for hydroxylation is 2. The number of fused-ring (bicyclic) bond motifs is 1. The van der Waals surface area contributed by atoms with E-state index in [1.54, 1.807) is 32.0 Å². The first-order valence-electron chi connectivity index (χ1n) is 9.50. The molecule has 2 aromatic heterocycles. The second-order valence-electron chi connectivity index (χ2n) is 7.09. The van der Waals surface area contributed by atoms with Gasteiger partial charge in [0.2, 0.25) is 5.91 Å². The number of amides is 1. The molecular formula is C21H22N4O5. The number of nitrogens with zero attached hydrogens (tertiary/aromatic N) is 2. The molecule has 0 bridgehead atoms. The van der Waals surface area contributed by atoms with Crippen LogP contribution < -0.4 is 26.1 Å². The number of nitrogens with one attached hydrogen (secondary N) is 1. The molecule has 30 heavy (non-hydrogen) atoms. The fourth-order valence-electron chi connectivity index (χ4n) is 3.29. The molecule has 9 heteroatoms. The molecule has 3 heterocycles. The van der Waals surface area contributed by atoms with Crippen molar-refractivity contribution < 1.29 is 18.7 Å². The third-order valence-electron chi connectivity index (χ3n) is 4.84. The highest BCUT2D eigenvalue weighted by Gasteiger charge is 2.22. The van der Waals surface area contributed by atoms with Gasteiger partial charge in [0.15, 0.2) is 11.5 Å². The lowest BCUT2D eigenvalue weighted by Gasteiger charge is -2.20. The Kier molecular flexibility index (Phi) is 4.94. The Morgan fingerprint density at radius 2 is 1.90 bits per heavy atom. The van der Waals surface area contributed by atoms with E-state index in [2.05, 4.69) is 10.4 Å². The number of hydrogen-bond acceptors (Lipinski definition) is 7. The number of anilines is 2. The van der Waals surface area contributed by atoms with E-state index >= 15 is 0 Å². The third-order valence-corrected chi connectivity index (χ3v) is 4.84. The fraction of sp³-hybridized carbons (Fsp3) is 0.286. The van der Waals surface area contributed by atoms with Crippen LogP contribution >= 0.6 is 0 Å². The Balaban J connectivity index is 1.62. The summed E-state index contributed by atoms with van der Waals surface area (Å²) in [5, 5.41) is 7.15. The van der Waals surface area contributed by atoms with Gasteiger partial charge in [-0.1, -0.05) is 0 Å². The van der Waals surface area contributed by atoms with Crippen molar-refractivity contribution >= 4 is 17.3 Å². The average molecular weight is 410 g/mol. The van der Waals surface area contributed by atoms with Gasteiger partial charge < -0.3 is 24.9 Å². The molecule has 1 aliphatic heterocycles. The van der Waals surface area contributed by atoms with Gasteiger partial charge in [0.1, 0.15) is 36.5 Å². The predicted octanol–water partition coefficient (Wildman–Crippen LogP) is 2.67. The maximum absolute atomic E-state index is 12.8. The zero-order valence-electron chi connectivity index (χ0n) is 16.9. The SMILES string of the molecule is Cc1cc(-c2cc(N)c(=O)n([C@H](C)C(=O)Nc3ccc4c(c3)OCCO4)n2)c(C)o1. The van der Waals surface area contributed by atoms with Crippen molar-refractivity contribution in [2.24, 2.45) is 0 Å². The van der Waals surface area contributed by atoms with Crippen LogP contribution in [0.25, 0.3) is 11.3 Å². The van der Waals surface area contributed by atoms with Crippen LogP contribution in [0, 0.1) is 13.8 Å². The van der Waals surface area contributed by atoms with Crippen LogP contribution in [0.1, 0.15) is 24.5 Å². The second-order valence-corrected chi connectivity index (χ2v) is 7.09. The summed E-state index contributed by atoms with van der Waals surface area (Å²) in [7, 11) is 0. The molecule has 0 saturated carbocycles. The number of benzene rings is 1. The Bertz CT molecular complexity index is 1180. The quantitative estimate of drug-likeness (QED) is 0.678. The van der Waals surface area contributed by atoms with Crippen LogP contribution in [0.5, 0.6) is 11.5 Å². The zero-order chi connectivity index (χ0) is 21.4. The Morgan fingerprint density at radius 1 is 1.17 bits per heavy atom. The number of ether oxygens (including phenoxy) is 2. The third kappa shape index (κ3) is 3.61.